The van der Waals surface area contributed by atoms with E-state index < -0.39 is 15.3 Å². The molecule has 1 aromatic rings. The van der Waals surface area contributed by atoms with E-state index in [-0.39, 0.29) is 0 Å². The normalized spacial score (nSPS) is 7.00. The first-order chi connectivity index (χ1) is 8.09. The van der Waals surface area contributed by atoms with Crippen LogP contribution in [-0.4, -0.2) is 15.3 Å². The molecule has 1 rings (SSSR count). The van der Waals surface area contributed by atoms with Crippen molar-refractivity contribution in [2.45, 2.75) is 0 Å². The van der Waals surface area contributed by atoms with Gasteiger partial charge in [-0.25, -0.2) is 0 Å². The zero-order chi connectivity index (χ0) is 15.1. The topological polar surface area (TPSA) is 212 Å². The minimum atomic E-state index is -1.75. The summed E-state index contributed by atoms with van der Waals surface area (Å²) in [7, 11) is 0. The van der Waals surface area contributed by atoms with Gasteiger partial charge in [-0.1, -0.05) is 0 Å². The molecule has 1 aromatic heterocycles. The first-order valence-electron chi connectivity index (χ1n) is 3.24. The molecular weight excluding hydrogens is 494 g/mol. The predicted molar refractivity (Wildman–Crippen MR) is 49.4 cm³/mol. The Bertz CT molecular complexity index is 298. The van der Waals surface area contributed by atoms with E-state index in [0.29, 0.717) is 0 Å². The van der Waals surface area contributed by atoms with E-state index in [4.69, 9.17) is 50.4 Å². The quantitative estimate of drug-likeness (QED) is 0.338. The van der Waals surface area contributed by atoms with Crippen LogP contribution in [0.15, 0.2) is 22.8 Å². The molecule has 0 N–H and O–H groups in total. The minimum absolute atomic E-state index is 1.10. The summed E-state index contributed by atoms with van der Waals surface area (Å²) in [6.45, 7) is 0. The molecule has 0 aliphatic heterocycles. The summed E-state index contributed by atoms with van der Waals surface area (Å²) in [6.07, 6.45) is 1.69. The molecule has 0 radical (unpaired) electrons. The maximum absolute atomic E-state index is 8.25. The Labute approximate surface area is 115 Å². The van der Waals surface area contributed by atoms with Crippen molar-refractivity contribution in [1.82, 2.24) is 0 Å². The predicted octanol–water partition coefficient (Wildman–Crippen LogP) is -0.263. The number of hydrogen-bond acceptors (Lipinski definition) is 10. The van der Waals surface area contributed by atoms with Crippen molar-refractivity contribution in [2.75, 3.05) is 0 Å². The average molecular weight is 497 g/mol. The maximum atomic E-state index is 8.25. The molecule has 18 heavy (non-hydrogen) atoms. The second kappa shape index (κ2) is 14.9. The van der Waals surface area contributed by atoms with E-state index in [1.807, 2.05) is 12.1 Å². The molecule has 0 spiro atoms. The number of hydrogen-bond donors (Lipinski definition) is 0. The van der Waals surface area contributed by atoms with Crippen LogP contribution in [0.5, 0.6) is 0 Å². The number of rotatable bonds is 0. The molecule has 0 aliphatic rings. The zero-order valence-electron chi connectivity index (χ0n) is 8.06. The van der Waals surface area contributed by atoms with Crippen LogP contribution in [0.1, 0.15) is 0 Å². The van der Waals surface area contributed by atoms with E-state index in [1.54, 1.807) is 6.26 Å². The van der Waals surface area contributed by atoms with Crippen LogP contribution in [0.4, 0.5) is 0 Å². The third kappa shape index (κ3) is 96.9. The number of nitrogens with zero attached hydrogens (tertiary/aromatic N) is 3. The molecule has 0 saturated carbocycles. The van der Waals surface area contributed by atoms with Crippen molar-refractivity contribution >= 4 is 3.06 Å². The Hall–Kier alpha value is -2.13. The van der Waals surface area contributed by atoms with Crippen molar-refractivity contribution < 1.29 is 47.2 Å². The van der Waals surface area contributed by atoms with Crippen LogP contribution < -0.4 is 3.06 Å². The van der Waals surface area contributed by atoms with Gasteiger partial charge >= 0.3 is 53.4 Å². The monoisotopic (exact) mass is 491 g/mol. The summed E-state index contributed by atoms with van der Waals surface area (Å²) in [5.41, 5.74) is 0. The fraction of sp³-hybridized carbons (Fsp3) is 0. The van der Waals surface area contributed by atoms with Gasteiger partial charge in [0.2, 0.25) is 0 Å². The average Bonchev–Trinajstić information content (AvgIpc) is 2.51. The summed E-state index contributed by atoms with van der Waals surface area (Å²) in [5, 5.41) is 44.2. The van der Waals surface area contributed by atoms with Crippen LogP contribution in [0, 0.1) is 73.5 Å². The van der Waals surface area contributed by atoms with Gasteiger partial charge < -0.3 is 46.0 Å². The first kappa shape index (κ1) is 21.2. The summed E-state index contributed by atoms with van der Waals surface area (Å²) >= 11 is 1.10. The SMILES string of the molecule is O=[N+]([O-])[O-].O=[N+]([O-])[O-].O=[N+]([O-])[O-].[Pu+3][c]1ccco1. The molecule has 0 aliphatic carbocycles. The fourth-order valence-corrected chi connectivity index (χ4v) is 0.822. The van der Waals surface area contributed by atoms with Gasteiger partial charge in [-0.2, -0.15) is 0 Å². The van der Waals surface area contributed by atoms with Gasteiger partial charge in [-0.05, 0) is 0 Å². The van der Waals surface area contributed by atoms with Crippen LogP contribution in [0.25, 0.3) is 0 Å². The molecule has 0 unspecified atom stereocenters. The van der Waals surface area contributed by atoms with Gasteiger partial charge in [0, 0.05) is 0 Å². The standard InChI is InChI=1S/C4H3O.3NO3.Pu/c1-2-4-5-3-1;3*2-1(3)4;/h1-3H;;;;/q;3*-1;+3. The van der Waals surface area contributed by atoms with Crippen molar-refractivity contribution in [3.8, 4) is 0 Å². The van der Waals surface area contributed by atoms with Crippen LogP contribution >= 0.6 is 0 Å². The molecule has 100 valence electrons. The molecule has 0 fully saturated rings. The van der Waals surface area contributed by atoms with Gasteiger partial charge in [-0.15, -0.1) is 0 Å². The molecule has 0 aromatic carbocycles. The molecule has 13 nitrogen and oxygen atoms in total. The van der Waals surface area contributed by atoms with E-state index in [9.17, 15) is 0 Å². The zero-order valence-corrected chi connectivity index (χ0v) is 11.5. The van der Waals surface area contributed by atoms with Crippen LogP contribution in [-0.2, 0) is 0 Å². The van der Waals surface area contributed by atoms with Crippen molar-refractivity contribution in [2.24, 2.45) is 0 Å². The summed E-state index contributed by atoms with van der Waals surface area (Å²) < 4.78 is 5.99. The molecular formula is C4H3N3O10Pu. The molecule has 0 amide bonds. The van der Waals surface area contributed by atoms with E-state index >= 15 is 0 Å². The second-order valence-corrected chi connectivity index (χ2v) is 3.28. The molecule has 1 heterocycles. The van der Waals surface area contributed by atoms with Crippen LogP contribution in [0.3, 0.4) is 0 Å². The molecule has 0 saturated heterocycles. The van der Waals surface area contributed by atoms with E-state index in [2.05, 4.69) is 0 Å². The van der Waals surface area contributed by atoms with Gasteiger partial charge in [-0.3, -0.25) is 0 Å². The van der Waals surface area contributed by atoms with Gasteiger partial charge in [0.05, 0.1) is 15.3 Å². The van der Waals surface area contributed by atoms with Crippen molar-refractivity contribution in [1.29, 1.82) is 0 Å². The number of furan rings is 1. The third-order valence-electron chi connectivity index (χ3n) is 0.495. The van der Waals surface area contributed by atoms with Crippen molar-refractivity contribution in [3.63, 3.8) is 0 Å². The second-order valence-electron chi connectivity index (χ2n) is 1.60. The van der Waals surface area contributed by atoms with E-state index in [1.165, 1.54) is 0 Å². The Morgan fingerprint density at radius 1 is 0.889 bits per heavy atom. The Balaban J connectivity index is -0.000000171. The van der Waals surface area contributed by atoms with E-state index in [0.717, 1.165) is 30.6 Å². The Morgan fingerprint density at radius 3 is 1.22 bits per heavy atom. The fourth-order valence-electron chi connectivity index (χ4n) is 0.263. The van der Waals surface area contributed by atoms with Crippen LogP contribution in [0.2, 0.25) is 0 Å². The summed E-state index contributed by atoms with van der Waals surface area (Å²) in [6, 6.07) is 3.88. The summed E-state index contributed by atoms with van der Waals surface area (Å²) in [5.74, 6) is 0. The van der Waals surface area contributed by atoms with Crippen molar-refractivity contribution in [3.05, 3.63) is 64.4 Å². The first-order valence-corrected chi connectivity index (χ1v) is 4.94. The third-order valence-corrected chi connectivity index (χ3v) is 1.46. The molecule has 14 heteroatoms. The molecule has 0 bridgehead atoms. The van der Waals surface area contributed by atoms with Gasteiger partial charge in [0.25, 0.3) is 0 Å². The molecule has 0 atom stereocenters. The Kier molecular flexibility index (Phi) is 17.5. The van der Waals surface area contributed by atoms with Gasteiger partial charge in [0.15, 0.2) is 0 Å². The Morgan fingerprint density at radius 2 is 1.17 bits per heavy atom. The van der Waals surface area contributed by atoms with Gasteiger partial charge in [0.1, 0.15) is 0 Å². The summed E-state index contributed by atoms with van der Waals surface area (Å²) in [4.78, 5) is 24.8.